The van der Waals surface area contributed by atoms with E-state index in [0.29, 0.717) is 11.1 Å². The van der Waals surface area contributed by atoms with E-state index < -0.39 is 0 Å². The number of hydrogen-bond acceptors (Lipinski definition) is 2. The van der Waals surface area contributed by atoms with Gasteiger partial charge in [-0.05, 0) is 72.7 Å². The lowest BCUT2D eigenvalue weighted by Crippen LogP contribution is -2.42. The van der Waals surface area contributed by atoms with Crippen molar-refractivity contribution in [2.24, 2.45) is 0 Å². The first kappa shape index (κ1) is 18.2. The van der Waals surface area contributed by atoms with Gasteiger partial charge < -0.3 is 10.2 Å². The molecule has 4 nitrogen and oxygen atoms in total. The number of nitrogens with zero attached hydrogens (tertiary/aromatic N) is 1. The van der Waals surface area contributed by atoms with Crippen molar-refractivity contribution in [1.82, 2.24) is 10.2 Å². The molecule has 4 heteroatoms. The van der Waals surface area contributed by atoms with Gasteiger partial charge in [0, 0.05) is 28.7 Å². The van der Waals surface area contributed by atoms with Gasteiger partial charge in [0.15, 0.2) is 0 Å². The van der Waals surface area contributed by atoms with Crippen molar-refractivity contribution in [3.8, 4) is 0 Å². The Morgan fingerprint density at radius 1 is 0.909 bits per heavy atom. The van der Waals surface area contributed by atoms with Crippen LogP contribution in [0.1, 0.15) is 69.2 Å². The molecule has 0 saturated heterocycles. The van der Waals surface area contributed by atoms with Gasteiger partial charge in [0.2, 0.25) is 0 Å². The minimum atomic E-state index is -0.280. The molecule has 2 amide bonds. The molecule has 0 fully saturated rings. The van der Waals surface area contributed by atoms with Crippen LogP contribution in [0.3, 0.4) is 0 Å². The summed E-state index contributed by atoms with van der Waals surface area (Å²) in [4.78, 5) is 26.5. The SMILES string of the molecule is CC(C)N(C(=O)c1ccc(C(=O)NC(C)(C)C)cc1)C(C)C. The zero-order valence-electron chi connectivity index (χ0n) is 14.7. The quantitative estimate of drug-likeness (QED) is 0.926. The van der Waals surface area contributed by atoms with Gasteiger partial charge in [-0.2, -0.15) is 0 Å². The van der Waals surface area contributed by atoms with Gasteiger partial charge in [-0.3, -0.25) is 9.59 Å². The van der Waals surface area contributed by atoms with Crippen LogP contribution in [0.5, 0.6) is 0 Å². The Bertz CT molecular complexity index is 517. The number of nitrogens with one attached hydrogen (secondary N) is 1. The molecule has 0 aliphatic rings. The first-order valence-electron chi connectivity index (χ1n) is 7.78. The number of carbonyl (C=O) groups excluding carboxylic acids is 2. The number of hydrogen-bond donors (Lipinski definition) is 1. The largest absolute Gasteiger partial charge is 0.347 e. The Morgan fingerprint density at radius 3 is 1.68 bits per heavy atom. The topological polar surface area (TPSA) is 49.4 Å². The number of rotatable bonds is 4. The molecule has 0 spiro atoms. The van der Waals surface area contributed by atoms with E-state index in [1.807, 2.05) is 53.4 Å². The van der Waals surface area contributed by atoms with Crippen LogP contribution in [0.25, 0.3) is 0 Å². The molecule has 0 bridgehead atoms. The first-order valence-corrected chi connectivity index (χ1v) is 7.78. The summed E-state index contributed by atoms with van der Waals surface area (Å²) in [5.74, 6) is -0.135. The maximum Gasteiger partial charge on any atom is 0.254 e. The summed E-state index contributed by atoms with van der Waals surface area (Å²) < 4.78 is 0. The zero-order valence-corrected chi connectivity index (χ0v) is 14.7. The molecule has 1 N–H and O–H groups in total. The highest BCUT2D eigenvalue weighted by Gasteiger charge is 2.22. The van der Waals surface area contributed by atoms with Crippen LogP contribution in [0.2, 0.25) is 0 Å². The summed E-state index contributed by atoms with van der Waals surface area (Å²) in [5, 5.41) is 2.91. The Kier molecular flexibility index (Phi) is 5.75. The molecule has 1 rings (SSSR count). The third kappa shape index (κ3) is 4.86. The molecule has 0 aromatic heterocycles. The Hall–Kier alpha value is -1.84. The van der Waals surface area contributed by atoms with Crippen molar-refractivity contribution in [2.75, 3.05) is 0 Å². The smallest absolute Gasteiger partial charge is 0.254 e. The lowest BCUT2D eigenvalue weighted by molar-refractivity contribution is 0.0643. The highest BCUT2D eigenvalue weighted by atomic mass is 16.2. The summed E-state index contributed by atoms with van der Waals surface area (Å²) in [7, 11) is 0. The third-order valence-corrected chi connectivity index (χ3v) is 3.23. The van der Waals surface area contributed by atoms with Crippen molar-refractivity contribution < 1.29 is 9.59 Å². The second-order valence-corrected chi connectivity index (χ2v) is 7.18. The zero-order chi connectivity index (χ0) is 17.1. The van der Waals surface area contributed by atoms with E-state index in [0.717, 1.165) is 0 Å². The Labute approximate surface area is 133 Å². The molecule has 0 atom stereocenters. The second-order valence-electron chi connectivity index (χ2n) is 7.18. The predicted molar refractivity (Wildman–Crippen MR) is 90.1 cm³/mol. The van der Waals surface area contributed by atoms with Crippen molar-refractivity contribution in [2.45, 2.75) is 66.1 Å². The second kappa shape index (κ2) is 6.95. The lowest BCUT2D eigenvalue weighted by Gasteiger charge is -2.31. The molecule has 1 aromatic rings. The molecular weight excluding hydrogens is 276 g/mol. The minimum absolute atomic E-state index is 0.00669. The molecule has 0 aliphatic heterocycles. The number of benzene rings is 1. The molecule has 1 aromatic carbocycles. The van der Waals surface area contributed by atoms with Crippen molar-refractivity contribution in [3.05, 3.63) is 35.4 Å². The number of amides is 2. The van der Waals surface area contributed by atoms with E-state index in [1.54, 1.807) is 24.3 Å². The van der Waals surface area contributed by atoms with Crippen LogP contribution in [-0.2, 0) is 0 Å². The van der Waals surface area contributed by atoms with E-state index in [-0.39, 0.29) is 29.4 Å². The van der Waals surface area contributed by atoms with E-state index in [9.17, 15) is 9.59 Å². The molecule has 122 valence electrons. The Morgan fingerprint density at radius 2 is 1.32 bits per heavy atom. The van der Waals surface area contributed by atoms with Gasteiger partial charge in [0.1, 0.15) is 0 Å². The highest BCUT2D eigenvalue weighted by molar-refractivity contribution is 5.98. The normalized spacial score (nSPS) is 11.7. The third-order valence-electron chi connectivity index (χ3n) is 3.23. The van der Waals surface area contributed by atoms with E-state index in [4.69, 9.17) is 0 Å². The van der Waals surface area contributed by atoms with Gasteiger partial charge in [0.05, 0.1) is 0 Å². The maximum absolute atomic E-state index is 12.6. The van der Waals surface area contributed by atoms with E-state index >= 15 is 0 Å². The van der Waals surface area contributed by atoms with Crippen molar-refractivity contribution in [3.63, 3.8) is 0 Å². The van der Waals surface area contributed by atoms with Gasteiger partial charge in [0.25, 0.3) is 11.8 Å². The molecular formula is C18H28N2O2. The highest BCUT2D eigenvalue weighted by Crippen LogP contribution is 2.14. The monoisotopic (exact) mass is 304 g/mol. The summed E-state index contributed by atoms with van der Waals surface area (Å²) in [6.45, 7) is 13.8. The molecule has 0 aliphatic carbocycles. The Balaban J connectivity index is 2.93. The molecule has 0 radical (unpaired) electrons. The molecule has 0 heterocycles. The standard InChI is InChI=1S/C18H28N2O2/c1-12(2)20(13(3)4)17(22)15-10-8-14(9-11-15)16(21)19-18(5,6)7/h8-13H,1-7H3,(H,19,21). The van der Waals surface area contributed by atoms with Gasteiger partial charge in [-0.1, -0.05) is 0 Å². The van der Waals surface area contributed by atoms with Gasteiger partial charge >= 0.3 is 0 Å². The van der Waals surface area contributed by atoms with E-state index in [1.165, 1.54) is 0 Å². The molecule has 0 saturated carbocycles. The minimum Gasteiger partial charge on any atom is -0.347 e. The van der Waals surface area contributed by atoms with Crippen LogP contribution in [0, 0.1) is 0 Å². The maximum atomic E-state index is 12.6. The summed E-state index contributed by atoms with van der Waals surface area (Å²) in [5.41, 5.74) is 0.888. The van der Waals surface area contributed by atoms with Crippen LogP contribution in [-0.4, -0.2) is 34.3 Å². The fraction of sp³-hybridized carbons (Fsp3) is 0.556. The van der Waals surface area contributed by atoms with Gasteiger partial charge in [-0.15, -0.1) is 0 Å². The van der Waals surface area contributed by atoms with Crippen LogP contribution in [0.4, 0.5) is 0 Å². The van der Waals surface area contributed by atoms with E-state index in [2.05, 4.69) is 5.32 Å². The van der Waals surface area contributed by atoms with Crippen LogP contribution >= 0.6 is 0 Å². The summed E-state index contributed by atoms with van der Waals surface area (Å²) in [6, 6.07) is 7.11. The predicted octanol–water partition coefficient (Wildman–Crippen LogP) is 3.47. The molecule has 22 heavy (non-hydrogen) atoms. The fourth-order valence-electron chi connectivity index (χ4n) is 2.39. The average Bonchev–Trinajstić information content (AvgIpc) is 2.35. The van der Waals surface area contributed by atoms with Crippen molar-refractivity contribution in [1.29, 1.82) is 0 Å². The van der Waals surface area contributed by atoms with Crippen LogP contribution < -0.4 is 5.32 Å². The number of carbonyl (C=O) groups is 2. The van der Waals surface area contributed by atoms with Gasteiger partial charge in [-0.25, -0.2) is 0 Å². The van der Waals surface area contributed by atoms with Crippen molar-refractivity contribution >= 4 is 11.8 Å². The lowest BCUT2D eigenvalue weighted by atomic mass is 10.1. The molecule has 0 unspecified atom stereocenters. The first-order chi connectivity index (χ1) is 10.0. The summed E-state index contributed by atoms with van der Waals surface area (Å²) >= 11 is 0. The fourth-order valence-corrected chi connectivity index (χ4v) is 2.39. The van der Waals surface area contributed by atoms with Crippen LogP contribution in [0.15, 0.2) is 24.3 Å². The average molecular weight is 304 g/mol. The summed E-state index contributed by atoms with van der Waals surface area (Å²) in [6.07, 6.45) is 0.